The molecule has 2 heterocycles. The van der Waals surface area contributed by atoms with Crippen LogP contribution in [-0.4, -0.2) is 15.2 Å². The largest absolute Gasteiger partial charge is 0.282 e. The highest BCUT2D eigenvalue weighted by Gasteiger charge is 2.08. The smallest absolute Gasteiger partial charge is 0.0957 e. The quantitative estimate of drug-likeness (QED) is 0.725. The zero-order valence-electron chi connectivity index (χ0n) is 9.64. The summed E-state index contributed by atoms with van der Waals surface area (Å²) in [7, 11) is 0. The Balaban J connectivity index is 2.09. The molecule has 0 radical (unpaired) electrons. The summed E-state index contributed by atoms with van der Waals surface area (Å²) in [5.74, 6) is 0. The van der Waals surface area contributed by atoms with Crippen LogP contribution in [-0.2, 0) is 6.42 Å². The van der Waals surface area contributed by atoms with Gasteiger partial charge in [0, 0.05) is 23.7 Å². The molecule has 0 aliphatic rings. The fourth-order valence-corrected chi connectivity index (χ4v) is 2.12. The maximum atomic E-state index is 4.48. The summed E-state index contributed by atoms with van der Waals surface area (Å²) in [6.45, 7) is 2.03. The number of hydrogen-bond donors (Lipinski definition) is 1. The van der Waals surface area contributed by atoms with Crippen LogP contribution < -0.4 is 0 Å². The lowest BCUT2D eigenvalue weighted by atomic mass is 10.1. The van der Waals surface area contributed by atoms with Crippen LogP contribution in [0.25, 0.3) is 10.9 Å². The SMILES string of the molecule is Cc1[nH]nc2ccnc(Cc3ccccc3)c12. The highest BCUT2D eigenvalue weighted by Crippen LogP contribution is 2.20. The summed E-state index contributed by atoms with van der Waals surface area (Å²) in [6, 6.07) is 12.3. The number of fused-ring (bicyclic) bond motifs is 1. The van der Waals surface area contributed by atoms with Gasteiger partial charge in [0.1, 0.15) is 0 Å². The van der Waals surface area contributed by atoms with Crippen molar-refractivity contribution in [2.75, 3.05) is 0 Å². The highest BCUT2D eigenvalue weighted by atomic mass is 15.1. The molecule has 0 aliphatic heterocycles. The van der Waals surface area contributed by atoms with Gasteiger partial charge in [-0.05, 0) is 18.6 Å². The Bertz CT molecular complexity index is 641. The van der Waals surface area contributed by atoms with Crippen LogP contribution in [0.2, 0.25) is 0 Å². The summed E-state index contributed by atoms with van der Waals surface area (Å²) >= 11 is 0. The van der Waals surface area contributed by atoms with Gasteiger partial charge in [-0.1, -0.05) is 30.3 Å². The summed E-state index contributed by atoms with van der Waals surface area (Å²) in [5.41, 5.74) is 4.43. The lowest BCUT2D eigenvalue weighted by Crippen LogP contribution is -1.93. The van der Waals surface area contributed by atoms with Crippen LogP contribution in [0.3, 0.4) is 0 Å². The minimum Gasteiger partial charge on any atom is -0.282 e. The van der Waals surface area contributed by atoms with E-state index >= 15 is 0 Å². The van der Waals surface area contributed by atoms with Gasteiger partial charge in [0.05, 0.1) is 11.2 Å². The fraction of sp³-hybridized carbons (Fsp3) is 0.143. The first-order chi connectivity index (χ1) is 8.34. The first-order valence-electron chi connectivity index (χ1n) is 5.67. The molecule has 1 aromatic carbocycles. The molecule has 0 unspecified atom stereocenters. The van der Waals surface area contributed by atoms with Crippen LogP contribution in [0, 0.1) is 6.92 Å². The predicted molar refractivity (Wildman–Crippen MR) is 67.9 cm³/mol. The number of hydrogen-bond acceptors (Lipinski definition) is 2. The molecule has 3 heteroatoms. The van der Waals surface area contributed by atoms with Gasteiger partial charge in [-0.2, -0.15) is 5.10 Å². The van der Waals surface area contributed by atoms with Crippen molar-refractivity contribution in [2.24, 2.45) is 0 Å². The molecule has 0 spiro atoms. The Morgan fingerprint density at radius 2 is 1.94 bits per heavy atom. The van der Waals surface area contributed by atoms with Crippen molar-refractivity contribution < 1.29 is 0 Å². The molecular formula is C14H13N3. The third-order valence-electron chi connectivity index (χ3n) is 2.94. The van der Waals surface area contributed by atoms with Crippen LogP contribution in [0.5, 0.6) is 0 Å². The number of benzene rings is 1. The lowest BCUT2D eigenvalue weighted by molar-refractivity contribution is 1.07. The number of rotatable bonds is 2. The first-order valence-corrected chi connectivity index (χ1v) is 5.67. The standard InChI is InChI=1S/C14H13N3/c1-10-14-12(17-16-10)7-8-15-13(14)9-11-5-3-2-4-6-11/h2-8H,9H2,1H3,(H,16,17). The van der Waals surface area contributed by atoms with Gasteiger partial charge in [-0.3, -0.25) is 10.1 Å². The Morgan fingerprint density at radius 1 is 1.12 bits per heavy atom. The van der Waals surface area contributed by atoms with Crippen molar-refractivity contribution in [1.29, 1.82) is 0 Å². The summed E-state index contributed by atoms with van der Waals surface area (Å²) in [6.07, 6.45) is 2.67. The van der Waals surface area contributed by atoms with E-state index in [4.69, 9.17) is 0 Å². The normalized spacial score (nSPS) is 10.9. The molecular weight excluding hydrogens is 210 g/mol. The Labute approximate surface area is 99.5 Å². The maximum Gasteiger partial charge on any atom is 0.0957 e. The van der Waals surface area contributed by atoms with Crippen LogP contribution in [0.4, 0.5) is 0 Å². The van der Waals surface area contributed by atoms with Gasteiger partial charge < -0.3 is 0 Å². The average Bonchev–Trinajstić information content (AvgIpc) is 2.74. The number of aromatic nitrogens is 3. The van der Waals surface area contributed by atoms with E-state index in [9.17, 15) is 0 Å². The zero-order chi connectivity index (χ0) is 11.7. The summed E-state index contributed by atoms with van der Waals surface area (Å²) in [4.78, 5) is 4.48. The number of aromatic amines is 1. The molecule has 3 aromatic rings. The van der Waals surface area contributed by atoms with E-state index in [0.29, 0.717) is 0 Å². The average molecular weight is 223 g/mol. The third-order valence-corrected chi connectivity index (χ3v) is 2.94. The van der Waals surface area contributed by atoms with E-state index in [2.05, 4.69) is 39.4 Å². The van der Waals surface area contributed by atoms with Gasteiger partial charge in [0.2, 0.25) is 0 Å². The molecule has 0 amide bonds. The fourth-order valence-electron chi connectivity index (χ4n) is 2.12. The van der Waals surface area contributed by atoms with E-state index in [0.717, 1.165) is 28.7 Å². The van der Waals surface area contributed by atoms with Gasteiger partial charge in [0.25, 0.3) is 0 Å². The molecule has 2 aromatic heterocycles. The minimum atomic E-state index is 0.846. The molecule has 0 fully saturated rings. The lowest BCUT2D eigenvalue weighted by Gasteiger charge is -2.02. The Hall–Kier alpha value is -2.16. The van der Waals surface area contributed by atoms with E-state index in [1.165, 1.54) is 5.56 Å². The first kappa shape index (κ1) is 10.0. The summed E-state index contributed by atoms with van der Waals surface area (Å²) < 4.78 is 0. The van der Waals surface area contributed by atoms with Gasteiger partial charge in [-0.15, -0.1) is 0 Å². The van der Waals surface area contributed by atoms with Gasteiger partial charge in [0.15, 0.2) is 0 Å². The second-order valence-electron chi connectivity index (χ2n) is 4.16. The third kappa shape index (κ3) is 1.80. The van der Waals surface area contributed by atoms with Crippen molar-refractivity contribution in [3.63, 3.8) is 0 Å². The topological polar surface area (TPSA) is 41.6 Å². The predicted octanol–water partition coefficient (Wildman–Crippen LogP) is 2.86. The number of nitrogens with one attached hydrogen (secondary N) is 1. The number of pyridine rings is 1. The molecule has 0 saturated heterocycles. The van der Waals surface area contributed by atoms with Crippen LogP contribution in [0.15, 0.2) is 42.6 Å². The van der Waals surface area contributed by atoms with Gasteiger partial charge in [-0.25, -0.2) is 0 Å². The molecule has 0 aliphatic carbocycles. The summed E-state index contributed by atoms with van der Waals surface area (Å²) in [5, 5.41) is 8.42. The Kier molecular flexibility index (Phi) is 2.37. The second-order valence-corrected chi connectivity index (χ2v) is 4.16. The van der Waals surface area contributed by atoms with E-state index in [-0.39, 0.29) is 0 Å². The van der Waals surface area contributed by atoms with Crippen molar-refractivity contribution >= 4 is 10.9 Å². The molecule has 0 bridgehead atoms. The van der Waals surface area contributed by atoms with Crippen LogP contribution in [0.1, 0.15) is 17.0 Å². The van der Waals surface area contributed by atoms with Crippen LogP contribution >= 0.6 is 0 Å². The number of nitrogens with zero attached hydrogens (tertiary/aromatic N) is 2. The van der Waals surface area contributed by atoms with Crippen molar-refractivity contribution in [3.05, 3.63) is 59.5 Å². The van der Waals surface area contributed by atoms with Gasteiger partial charge >= 0.3 is 0 Å². The molecule has 3 rings (SSSR count). The Morgan fingerprint density at radius 3 is 2.76 bits per heavy atom. The number of aryl methyl sites for hydroxylation is 1. The molecule has 17 heavy (non-hydrogen) atoms. The monoisotopic (exact) mass is 223 g/mol. The molecule has 1 N–H and O–H groups in total. The highest BCUT2D eigenvalue weighted by molar-refractivity contribution is 5.83. The van der Waals surface area contributed by atoms with E-state index < -0.39 is 0 Å². The van der Waals surface area contributed by atoms with Crippen molar-refractivity contribution in [1.82, 2.24) is 15.2 Å². The number of H-pyrrole nitrogens is 1. The molecule has 84 valence electrons. The molecule has 0 saturated carbocycles. The van der Waals surface area contributed by atoms with E-state index in [1.54, 1.807) is 0 Å². The van der Waals surface area contributed by atoms with E-state index in [1.807, 2.05) is 25.3 Å². The van der Waals surface area contributed by atoms with Crippen molar-refractivity contribution in [3.8, 4) is 0 Å². The van der Waals surface area contributed by atoms with Crippen molar-refractivity contribution in [2.45, 2.75) is 13.3 Å². The second kappa shape index (κ2) is 4.01. The molecule has 0 atom stereocenters. The minimum absolute atomic E-state index is 0.846. The zero-order valence-corrected chi connectivity index (χ0v) is 9.64. The maximum absolute atomic E-state index is 4.48. The molecule has 3 nitrogen and oxygen atoms in total.